The van der Waals surface area contributed by atoms with E-state index in [1.165, 1.54) is 54.2 Å². The van der Waals surface area contributed by atoms with Crippen molar-refractivity contribution in [3.05, 3.63) is 156 Å². The Labute approximate surface area is 236 Å². The molecule has 0 N–H and O–H groups in total. The van der Waals surface area contributed by atoms with Gasteiger partial charge in [0.2, 0.25) is 0 Å². The Balaban J connectivity index is 1.68. The molecule has 0 spiro atoms. The molecule has 192 valence electrons. The Morgan fingerprint density at radius 2 is 0.900 bits per heavy atom. The van der Waals surface area contributed by atoms with Crippen LogP contribution in [0, 0.1) is 0 Å². The molecule has 1 aliphatic rings. The van der Waals surface area contributed by atoms with Crippen LogP contribution < -0.4 is 0 Å². The highest BCUT2D eigenvalue weighted by Gasteiger charge is 2.47. The number of fused-ring (bicyclic) bond motifs is 2. The van der Waals surface area contributed by atoms with Crippen molar-refractivity contribution in [2.75, 3.05) is 0 Å². The van der Waals surface area contributed by atoms with Crippen LogP contribution in [0.4, 0.5) is 0 Å². The standard InChI is InChI=1S/C37H30N2Si/c1-3-40(2)36(34-30-20-12-10-14-26(30)22-24-38-34)32(28-16-6-4-7-17-28)33(29-18-8-5-9-19-29)37(40)35-31-21-13-11-15-27(31)23-25-39-35/h4-25H,3H2,1-2H3. The summed E-state index contributed by atoms with van der Waals surface area (Å²) in [6, 6.07) is 44.5. The van der Waals surface area contributed by atoms with E-state index in [-0.39, 0.29) is 0 Å². The van der Waals surface area contributed by atoms with Crippen LogP contribution in [0.2, 0.25) is 12.6 Å². The molecule has 0 amide bonds. The first-order chi connectivity index (χ1) is 19.7. The fraction of sp³-hybridized carbons (Fsp3) is 0.0811. The number of nitrogens with zero attached hydrogens (tertiary/aromatic N) is 2. The Morgan fingerprint density at radius 1 is 0.500 bits per heavy atom. The minimum Gasteiger partial charge on any atom is -0.256 e. The van der Waals surface area contributed by atoms with Crippen LogP contribution >= 0.6 is 0 Å². The van der Waals surface area contributed by atoms with E-state index in [4.69, 9.17) is 9.97 Å². The zero-order valence-electron chi connectivity index (χ0n) is 22.8. The van der Waals surface area contributed by atoms with Gasteiger partial charge in [-0.3, -0.25) is 9.97 Å². The summed E-state index contributed by atoms with van der Waals surface area (Å²) >= 11 is 0. The van der Waals surface area contributed by atoms with E-state index in [9.17, 15) is 0 Å². The van der Waals surface area contributed by atoms with Gasteiger partial charge in [-0.2, -0.15) is 0 Å². The molecule has 0 saturated carbocycles. The summed E-state index contributed by atoms with van der Waals surface area (Å²) in [5.74, 6) is 0. The quantitative estimate of drug-likeness (QED) is 0.207. The molecule has 0 radical (unpaired) electrons. The highest BCUT2D eigenvalue weighted by molar-refractivity contribution is 7.14. The number of rotatable bonds is 5. The van der Waals surface area contributed by atoms with Gasteiger partial charge in [0.15, 0.2) is 0 Å². The lowest BCUT2D eigenvalue weighted by Gasteiger charge is -2.29. The van der Waals surface area contributed by atoms with Crippen molar-refractivity contribution in [2.45, 2.75) is 19.5 Å². The maximum Gasteiger partial charge on any atom is 0.122 e. The van der Waals surface area contributed by atoms with Crippen LogP contribution in [0.5, 0.6) is 0 Å². The van der Waals surface area contributed by atoms with Gasteiger partial charge in [0.1, 0.15) is 8.07 Å². The molecule has 2 aromatic heterocycles. The summed E-state index contributed by atoms with van der Waals surface area (Å²) in [6.07, 6.45) is 3.96. The summed E-state index contributed by atoms with van der Waals surface area (Å²) in [6.45, 7) is 4.89. The first-order valence-corrected chi connectivity index (χ1v) is 16.7. The number of benzene rings is 4. The second kappa shape index (κ2) is 9.85. The normalized spacial score (nSPS) is 14.8. The van der Waals surface area contributed by atoms with Crippen molar-refractivity contribution >= 4 is 51.2 Å². The molecule has 0 aliphatic carbocycles. The van der Waals surface area contributed by atoms with Crippen LogP contribution in [0.3, 0.4) is 0 Å². The summed E-state index contributed by atoms with van der Waals surface area (Å²) in [4.78, 5) is 10.3. The van der Waals surface area contributed by atoms with Crippen molar-refractivity contribution in [2.24, 2.45) is 0 Å². The average molecular weight is 531 g/mol. The zero-order valence-corrected chi connectivity index (χ0v) is 23.8. The molecule has 40 heavy (non-hydrogen) atoms. The maximum absolute atomic E-state index is 5.16. The largest absolute Gasteiger partial charge is 0.256 e. The average Bonchev–Trinajstić information content (AvgIpc) is 3.30. The van der Waals surface area contributed by atoms with Gasteiger partial charge in [-0.25, -0.2) is 0 Å². The van der Waals surface area contributed by atoms with E-state index >= 15 is 0 Å². The van der Waals surface area contributed by atoms with Gasteiger partial charge in [0.05, 0.1) is 11.4 Å². The monoisotopic (exact) mass is 530 g/mol. The number of allylic oxidation sites excluding steroid dienone is 2. The van der Waals surface area contributed by atoms with Crippen molar-refractivity contribution in [1.82, 2.24) is 9.97 Å². The molecular formula is C37H30N2Si. The molecule has 6 aromatic rings. The minimum absolute atomic E-state index is 1.04. The molecule has 0 saturated heterocycles. The molecule has 0 fully saturated rings. The Kier molecular flexibility index (Phi) is 6.02. The third kappa shape index (κ3) is 3.77. The van der Waals surface area contributed by atoms with Crippen molar-refractivity contribution in [3.8, 4) is 0 Å². The molecule has 1 aliphatic heterocycles. The van der Waals surface area contributed by atoms with E-state index in [1.807, 2.05) is 12.4 Å². The first kappa shape index (κ1) is 24.4. The molecule has 2 nitrogen and oxygen atoms in total. The summed E-state index contributed by atoms with van der Waals surface area (Å²) in [5, 5.41) is 7.67. The van der Waals surface area contributed by atoms with Crippen molar-refractivity contribution in [1.29, 1.82) is 0 Å². The molecule has 0 atom stereocenters. The van der Waals surface area contributed by atoms with E-state index in [2.05, 4.69) is 135 Å². The first-order valence-electron chi connectivity index (χ1n) is 14.0. The van der Waals surface area contributed by atoms with Gasteiger partial charge in [0, 0.05) is 23.2 Å². The van der Waals surface area contributed by atoms with Gasteiger partial charge in [-0.05, 0) is 55.6 Å². The van der Waals surface area contributed by atoms with Gasteiger partial charge in [-0.1, -0.05) is 129 Å². The predicted molar refractivity (Wildman–Crippen MR) is 172 cm³/mol. The smallest absolute Gasteiger partial charge is 0.122 e. The third-order valence-corrected chi connectivity index (χ3v) is 13.1. The van der Waals surface area contributed by atoms with Gasteiger partial charge in [0.25, 0.3) is 0 Å². The maximum atomic E-state index is 5.16. The third-order valence-electron chi connectivity index (χ3n) is 8.51. The highest BCUT2D eigenvalue weighted by Crippen LogP contribution is 2.57. The molecule has 3 heterocycles. The van der Waals surface area contributed by atoms with Crippen molar-refractivity contribution in [3.63, 3.8) is 0 Å². The van der Waals surface area contributed by atoms with Gasteiger partial charge in [-0.15, -0.1) is 0 Å². The molecule has 3 heteroatoms. The number of pyridine rings is 2. The van der Waals surface area contributed by atoms with Crippen LogP contribution in [0.1, 0.15) is 29.4 Å². The van der Waals surface area contributed by atoms with Crippen LogP contribution in [0.15, 0.2) is 134 Å². The highest BCUT2D eigenvalue weighted by atomic mass is 28.3. The number of aromatic nitrogens is 2. The second-order valence-electron chi connectivity index (χ2n) is 10.7. The minimum atomic E-state index is -2.39. The lowest BCUT2D eigenvalue weighted by atomic mass is 9.89. The molecular weight excluding hydrogens is 501 g/mol. The zero-order chi connectivity index (χ0) is 27.1. The Bertz CT molecular complexity index is 1790. The second-order valence-corrected chi connectivity index (χ2v) is 15.1. The molecule has 0 unspecified atom stereocenters. The van der Waals surface area contributed by atoms with Crippen LogP contribution in [-0.4, -0.2) is 18.0 Å². The number of hydrogen-bond donors (Lipinski definition) is 0. The lowest BCUT2D eigenvalue weighted by molar-refractivity contribution is 1.30. The van der Waals surface area contributed by atoms with E-state index in [0.29, 0.717) is 0 Å². The van der Waals surface area contributed by atoms with E-state index in [0.717, 1.165) is 17.4 Å². The van der Waals surface area contributed by atoms with E-state index in [1.54, 1.807) is 0 Å². The Morgan fingerprint density at radius 3 is 1.32 bits per heavy atom. The summed E-state index contributed by atoms with van der Waals surface area (Å²) in [5.41, 5.74) is 7.28. The molecule has 0 bridgehead atoms. The van der Waals surface area contributed by atoms with E-state index < -0.39 is 8.07 Å². The fourth-order valence-corrected chi connectivity index (χ4v) is 10.5. The Hall–Kier alpha value is -4.60. The van der Waals surface area contributed by atoms with Gasteiger partial charge < -0.3 is 0 Å². The topological polar surface area (TPSA) is 25.8 Å². The fourth-order valence-electron chi connectivity index (χ4n) is 6.46. The molecule has 7 rings (SSSR count). The summed E-state index contributed by atoms with van der Waals surface area (Å²) < 4.78 is 0. The predicted octanol–water partition coefficient (Wildman–Crippen LogP) is 9.50. The summed E-state index contributed by atoms with van der Waals surface area (Å²) in [7, 11) is -2.39. The van der Waals surface area contributed by atoms with Crippen molar-refractivity contribution < 1.29 is 0 Å². The SMILES string of the molecule is CC[Si]1(C)C(c2nccc3ccccc23)=C(c2ccccc2)C(c2ccccc2)=C1c1nccc2ccccc12. The van der Waals surface area contributed by atoms with Crippen LogP contribution in [-0.2, 0) is 0 Å². The van der Waals surface area contributed by atoms with Crippen LogP contribution in [0.25, 0.3) is 43.1 Å². The molecule has 4 aromatic carbocycles. The van der Waals surface area contributed by atoms with Gasteiger partial charge >= 0.3 is 0 Å². The number of hydrogen-bond acceptors (Lipinski definition) is 2. The lowest BCUT2D eigenvalue weighted by Crippen LogP contribution is -2.33.